The molecule has 0 saturated heterocycles. The van der Waals surface area contributed by atoms with E-state index in [1.54, 1.807) is 30.3 Å². The second kappa shape index (κ2) is 8.35. The Morgan fingerprint density at radius 1 is 0.962 bits per heavy atom. The Morgan fingerprint density at radius 2 is 1.62 bits per heavy atom. The number of carbonyl (C=O) groups excluding carboxylic acids is 1. The van der Waals surface area contributed by atoms with Crippen LogP contribution in [-0.2, 0) is 33.0 Å². The number of nitrogens with one attached hydrogen (secondary N) is 1. The summed E-state index contributed by atoms with van der Waals surface area (Å²) in [6.07, 6.45) is -4.72. The lowest BCUT2D eigenvalue weighted by Crippen LogP contribution is -2.30. The lowest BCUT2D eigenvalue weighted by Gasteiger charge is -2.09. The van der Waals surface area contributed by atoms with Crippen molar-refractivity contribution in [3.63, 3.8) is 0 Å². The molecule has 26 heavy (non-hydrogen) atoms. The number of alkyl halides is 3. The largest absolute Gasteiger partial charge is 0.416 e. The van der Waals surface area contributed by atoms with Crippen LogP contribution in [0, 0.1) is 0 Å². The molecule has 2 rings (SSSR count). The monoisotopic (exact) mass is 385 g/mol. The van der Waals surface area contributed by atoms with Gasteiger partial charge in [0.1, 0.15) is 0 Å². The number of sulfone groups is 1. The van der Waals surface area contributed by atoms with Crippen molar-refractivity contribution < 1.29 is 26.4 Å². The quantitative estimate of drug-likeness (QED) is 0.797. The van der Waals surface area contributed by atoms with Crippen molar-refractivity contribution in [1.82, 2.24) is 5.32 Å². The minimum absolute atomic E-state index is 0.0903. The van der Waals surface area contributed by atoms with Gasteiger partial charge in [0.25, 0.3) is 0 Å². The Kier molecular flexibility index (Phi) is 6.42. The molecule has 2 aromatic carbocycles. The summed E-state index contributed by atoms with van der Waals surface area (Å²) in [7, 11) is -3.39. The average molecular weight is 385 g/mol. The van der Waals surface area contributed by atoms with E-state index in [1.807, 2.05) is 0 Å². The number of halogens is 3. The molecule has 0 saturated carbocycles. The molecule has 0 aliphatic rings. The first kappa shape index (κ1) is 20.0. The lowest BCUT2D eigenvalue weighted by molar-refractivity contribution is -0.137. The Bertz CT molecular complexity index is 849. The number of carbonyl (C=O) groups is 1. The van der Waals surface area contributed by atoms with Crippen LogP contribution in [0.2, 0.25) is 0 Å². The minimum atomic E-state index is -4.47. The Hall–Kier alpha value is -2.35. The summed E-state index contributed by atoms with van der Waals surface area (Å²) < 4.78 is 62.0. The van der Waals surface area contributed by atoms with Crippen LogP contribution in [-0.4, -0.2) is 26.6 Å². The van der Waals surface area contributed by atoms with E-state index >= 15 is 0 Å². The molecule has 0 unspecified atom stereocenters. The first-order valence-corrected chi connectivity index (χ1v) is 9.65. The van der Waals surface area contributed by atoms with Gasteiger partial charge in [0.05, 0.1) is 23.5 Å². The van der Waals surface area contributed by atoms with E-state index in [4.69, 9.17) is 0 Å². The molecule has 8 heteroatoms. The van der Waals surface area contributed by atoms with Crippen LogP contribution in [0.25, 0.3) is 0 Å². The van der Waals surface area contributed by atoms with E-state index in [-0.39, 0.29) is 30.0 Å². The standard InChI is InChI=1S/C18H18F3NO3S/c19-18(20,21)16-8-4-7-15(11-16)12-17(23)22-9-10-26(24,25)13-14-5-2-1-3-6-14/h1-8,11H,9-10,12-13H2,(H,22,23). The van der Waals surface area contributed by atoms with Crippen LogP contribution in [0.5, 0.6) is 0 Å². The fourth-order valence-corrected chi connectivity index (χ4v) is 3.61. The predicted octanol–water partition coefficient (Wildman–Crippen LogP) is 2.98. The molecular formula is C18H18F3NO3S. The van der Waals surface area contributed by atoms with Gasteiger partial charge < -0.3 is 5.32 Å². The maximum absolute atomic E-state index is 12.7. The van der Waals surface area contributed by atoms with Crippen molar-refractivity contribution in [1.29, 1.82) is 0 Å². The van der Waals surface area contributed by atoms with E-state index in [0.717, 1.165) is 12.1 Å². The molecule has 0 atom stereocenters. The summed E-state index contributed by atoms with van der Waals surface area (Å²) in [6, 6.07) is 13.1. The lowest BCUT2D eigenvalue weighted by atomic mass is 10.1. The number of rotatable bonds is 7. The summed E-state index contributed by atoms with van der Waals surface area (Å²) in [5.41, 5.74) is 0.0421. The van der Waals surface area contributed by atoms with E-state index in [1.165, 1.54) is 12.1 Å². The molecule has 2 aromatic rings. The van der Waals surface area contributed by atoms with Gasteiger partial charge in [0.2, 0.25) is 5.91 Å². The third-order valence-electron chi connectivity index (χ3n) is 3.58. The molecule has 0 aliphatic carbocycles. The third kappa shape index (κ3) is 6.51. The van der Waals surface area contributed by atoms with Gasteiger partial charge in [-0.15, -0.1) is 0 Å². The number of hydrogen-bond acceptors (Lipinski definition) is 3. The van der Waals surface area contributed by atoms with Crippen LogP contribution >= 0.6 is 0 Å². The smallest absolute Gasteiger partial charge is 0.355 e. The highest BCUT2D eigenvalue weighted by Gasteiger charge is 2.30. The number of benzene rings is 2. The highest BCUT2D eigenvalue weighted by atomic mass is 32.2. The predicted molar refractivity (Wildman–Crippen MR) is 92.1 cm³/mol. The topological polar surface area (TPSA) is 63.2 Å². The van der Waals surface area contributed by atoms with Gasteiger partial charge in [-0.25, -0.2) is 8.42 Å². The maximum atomic E-state index is 12.7. The van der Waals surface area contributed by atoms with Crippen molar-refractivity contribution in [2.45, 2.75) is 18.3 Å². The summed E-state index contributed by atoms with van der Waals surface area (Å²) in [4.78, 5) is 11.8. The van der Waals surface area contributed by atoms with Gasteiger partial charge in [0.15, 0.2) is 9.84 Å². The first-order valence-electron chi connectivity index (χ1n) is 7.83. The molecule has 0 fully saturated rings. The fourth-order valence-electron chi connectivity index (χ4n) is 2.35. The van der Waals surface area contributed by atoms with E-state index in [9.17, 15) is 26.4 Å². The maximum Gasteiger partial charge on any atom is 0.416 e. The molecule has 0 spiro atoms. The molecule has 0 aliphatic heterocycles. The van der Waals surface area contributed by atoms with Crippen LogP contribution < -0.4 is 5.32 Å². The zero-order valence-electron chi connectivity index (χ0n) is 13.8. The molecule has 1 N–H and O–H groups in total. The van der Waals surface area contributed by atoms with Crippen molar-refractivity contribution in [2.24, 2.45) is 0 Å². The molecule has 1 amide bonds. The van der Waals surface area contributed by atoms with Gasteiger partial charge in [-0.2, -0.15) is 13.2 Å². The molecular weight excluding hydrogens is 367 g/mol. The summed E-state index contributed by atoms with van der Waals surface area (Å²) in [5, 5.41) is 2.43. The summed E-state index contributed by atoms with van der Waals surface area (Å²) >= 11 is 0. The van der Waals surface area contributed by atoms with Gasteiger partial charge >= 0.3 is 6.18 Å². The van der Waals surface area contributed by atoms with Crippen molar-refractivity contribution >= 4 is 15.7 Å². The Morgan fingerprint density at radius 3 is 2.27 bits per heavy atom. The number of amides is 1. The highest BCUT2D eigenvalue weighted by molar-refractivity contribution is 7.90. The zero-order chi connectivity index (χ0) is 19.2. The van der Waals surface area contributed by atoms with Crippen molar-refractivity contribution in [2.75, 3.05) is 12.3 Å². The molecule has 0 heterocycles. The molecule has 140 valence electrons. The highest BCUT2D eigenvalue weighted by Crippen LogP contribution is 2.29. The molecule has 4 nitrogen and oxygen atoms in total. The molecule has 0 bridgehead atoms. The normalized spacial score (nSPS) is 12.0. The van der Waals surface area contributed by atoms with Crippen molar-refractivity contribution in [3.05, 3.63) is 71.3 Å². The fraction of sp³-hybridized carbons (Fsp3) is 0.278. The first-order chi connectivity index (χ1) is 12.2. The van der Waals surface area contributed by atoms with Gasteiger partial charge in [-0.05, 0) is 17.2 Å². The van der Waals surface area contributed by atoms with E-state index in [0.29, 0.717) is 5.56 Å². The second-order valence-corrected chi connectivity index (χ2v) is 7.99. The second-order valence-electron chi connectivity index (χ2n) is 5.80. The number of hydrogen-bond donors (Lipinski definition) is 1. The minimum Gasteiger partial charge on any atom is -0.355 e. The van der Waals surface area contributed by atoms with E-state index < -0.39 is 27.5 Å². The van der Waals surface area contributed by atoms with Gasteiger partial charge in [0, 0.05) is 6.54 Å². The van der Waals surface area contributed by atoms with Crippen LogP contribution in [0.4, 0.5) is 13.2 Å². The van der Waals surface area contributed by atoms with Crippen LogP contribution in [0.15, 0.2) is 54.6 Å². The molecule has 0 aromatic heterocycles. The zero-order valence-corrected chi connectivity index (χ0v) is 14.6. The Balaban J connectivity index is 1.84. The Labute approximate surface area is 150 Å². The van der Waals surface area contributed by atoms with Crippen molar-refractivity contribution in [3.8, 4) is 0 Å². The summed E-state index contributed by atoms with van der Waals surface area (Å²) in [6.45, 7) is -0.0903. The molecule has 0 radical (unpaired) electrons. The van der Waals surface area contributed by atoms with Gasteiger partial charge in [-0.3, -0.25) is 4.79 Å². The van der Waals surface area contributed by atoms with Crippen LogP contribution in [0.1, 0.15) is 16.7 Å². The average Bonchev–Trinajstić information content (AvgIpc) is 2.54. The SMILES string of the molecule is O=C(Cc1cccc(C(F)(F)F)c1)NCCS(=O)(=O)Cc1ccccc1. The van der Waals surface area contributed by atoms with Gasteiger partial charge in [-0.1, -0.05) is 48.5 Å². The third-order valence-corrected chi connectivity index (χ3v) is 5.18. The van der Waals surface area contributed by atoms with E-state index in [2.05, 4.69) is 5.32 Å². The summed E-state index contributed by atoms with van der Waals surface area (Å²) in [5.74, 6) is -0.896. The van der Waals surface area contributed by atoms with Crippen LogP contribution in [0.3, 0.4) is 0 Å².